The highest BCUT2D eigenvalue weighted by Gasteiger charge is 2.10. The normalized spacial score (nSPS) is 10.4. The molecule has 0 aliphatic heterocycles. The second-order valence-electron chi connectivity index (χ2n) is 3.17. The molecule has 16 heavy (non-hydrogen) atoms. The number of hydrogen-bond donors (Lipinski definition) is 1. The molecule has 0 saturated carbocycles. The molecule has 1 aromatic heterocycles. The van der Waals surface area contributed by atoms with Crippen molar-refractivity contribution in [2.75, 3.05) is 0 Å². The summed E-state index contributed by atoms with van der Waals surface area (Å²) in [5.41, 5.74) is 0.697. The Morgan fingerprint density at radius 1 is 0.938 bits per heavy atom. The van der Waals surface area contributed by atoms with Crippen molar-refractivity contribution in [2.45, 2.75) is 0 Å². The number of halogens is 3. The Kier molecular flexibility index (Phi) is 3.24. The van der Waals surface area contributed by atoms with Crippen LogP contribution in [0.3, 0.4) is 0 Å². The number of benzene rings is 1. The molecular weight excluding hydrogens is 268 g/mol. The van der Waals surface area contributed by atoms with Gasteiger partial charge < -0.3 is 4.98 Å². The Morgan fingerprint density at radius 3 is 2.44 bits per heavy atom. The molecule has 0 bridgehead atoms. The van der Waals surface area contributed by atoms with Gasteiger partial charge in [0.1, 0.15) is 5.02 Å². The number of H-pyrrole nitrogens is 1. The van der Waals surface area contributed by atoms with Crippen LogP contribution in [0.15, 0.2) is 35.4 Å². The van der Waals surface area contributed by atoms with Crippen molar-refractivity contribution in [1.29, 1.82) is 0 Å². The minimum atomic E-state index is -0.274. The fourth-order valence-electron chi connectivity index (χ4n) is 1.36. The molecule has 0 saturated heterocycles. The number of pyridine rings is 1. The molecule has 0 aliphatic carbocycles. The summed E-state index contributed by atoms with van der Waals surface area (Å²) < 4.78 is 0. The van der Waals surface area contributed by atoms with Crippen LogP contribution in [0.1, 0.15) is 0 Å². The molecule has 2 aromatic rings. The molecule has 0 aliphatic rings. The van der Waals surface area contributed by atoms with E-state index in [0.717, 1.165) is 0 Å². The van der Waals surface area contributed by atoms with E-state index in [1.165, 1.54) is 6.20 Å². The summed E-state index contributed by atoms with van der Waals surface area (Å²) in [5, 5.41) is 1.09. The number of nitrogens with one attached hydrogen (secondary N) is 1. The average molecular weight is 275 g/mol. The Bertz CT molecular complexity index is 592. The van der Waals surface area contributed by atoms with Crippen molar-refractivity contribution in [3.63, 3.8) is 0 Å². The smallest absolute Gasteiger partial charge is 0.207 e. The first-order valence-electron chi connectivity index (χ1n) is 4.41. The predicted molar refractivity (Wildman–Crippen MR) is 67.5 cm³/mol. The lowest BCUT2D eigenvalue weighted by atomic mass is 10.1. The first-order chi connectivity index (χ1) is 7.59. The Labute approximate surface area is 107 Å². The SMILES string of the molecule is O=c1c(Cl)c[nH]cc1-c1cc(Cl)ccc1Cl. The topological polar surface area (TPSA) is 32.9 Å². The lowest BCUT2D eigenvalue weighted by molar-refractivity contribution is 1.30. The van der Waals surface area contributed by atoms with Crippen molar-refractivity contribution in [3.05, 3.63) is 55.9 Å². The summed E-state index contributed by atoms with van der Waals surface area (Å²) in [6.45, 7) is 0. The molecule has 2 rings (SSSR count). The molecule has 5 heteroatoms. The second-order valence-corrected chi connectivity index (χ2v) is 4.42. The van der Waals surface area contributed by atoms with Gasteiger partial charge in [0.05, 0.1) is 0 Å². The molecule has 0 unspecified atom stereocenters. The first-order valence-corrected chi connectivity index (χ1v) is 5.55. The van der Waals surface area contributed by atoms with Gasteiger partial charge in [-0.3, -0.25) is 4.79 Å². The minimum absolute atomic E-state index is 0.119. The van der Waals surface area contributed by atoms with Crippen molar-refractivity contribution in [2.24, 2.45) is 0 Å². The monoisotopic (exact) mass is 273 g/mol. The zero-order chi connectivity index (χ0) is 11.7. The van der Waals surface area contributed by atoms with E-state index >= 15 is 0 Å². The third-order valence-electron chi connectivity index (χ3n) is 2.12. The van der Waals surface area contributed by atoms with Crippen LogP contribution in [0.25, 0.3) is 11.1 Å². The maximum absolute atomic E-state index is 11.8. The summed E-state index contributed by atoms with van der Waals surface area (Å²) in [4.78, 5) is 14.6. The van der Waals surface area contributed by atoms with E-state index in [9.17, 15) is 4.79 Å². The second kappa shape index (κ2) is 4.50. The van der Waals surface area contributed by atoms with Crippen LogP contribution in [-0.2, 0) is 0 Å². The highest BCUT2D eigenvalue weighted by molar-refractivity contribution is 6.35. The van der Waals surface area contributed by atoms with Crippen LogP contribution in [0.5, 0.6) is 0 Å². The van der Waals surface area contributed by atoms with Crippen molar-refractivity contribution >= 4 is 34.8 Å². The molecule has 1 heterocycles. The van der Waals surface area contributed by atoms with Gasteiger partial charge in [-0.05, 0) is 18.2 Å². The maximum atomic E-state index is 11.8. The fourth-order valence-corrected chi connectivity index (χ4v) is 1.92. The van der Waals surface area contributed by atoms with Crippen LogP contribution in [0, 0.1) is 0 Å². The standard InChI is InChI=1S/C11H6Cl3NO/c12-6-1-2-9(13)7(3-6)8-4-15-5-10(14)11(8)16/h1-5H,(H,15,16). The van der Waals surface area contributed by atoms with Crippen LogP contribution in [0.4, 0.5) is 0 Å². The van der Waals surface area contributed by atoms with Gasteiger partial charge in [-0.2, -0.15) is 0 Å². The molecule has 0 radical (unpaired) electrons. The lowest BCUT2D eigenvalue weighted by Gasteiger charge is -2.04. The van der Waals surface area contributed by atoms with Crippen LogP contribution < -0.4 is 5.43 Å². The summed E-state index contributed by atoms with van der Waals surface area (Å²) in [5.74, 6) is 0. The average Bonchev–Trinajstić information content (AvgIpc) is 2.26. The van der Waals surface area contributed by atoms with Gasteiger partial charge in [0.2, 0.25) is 5.43 Å². The molecule has 0 spiro atoms. The van der Waals surface area contributed by atoms with Crippen molar-refractivity contribution in [1.82, 2.24) is 4.98 Å². The van der Waals surface area contributed by atoms with Gasteiger partial charge in [-0.15, -0.1) is 0 Å². The van der Waals surface area contributed by atoms with Crippen LogP contribution in [0.2, 0.25) is 15.1 Å². The zero-order valence-corrected chi connectivity index (χ0v) is 10.2. The predicted octanol–water partition coefficient (Wildman–Crippen LogP) is 4.00. The van der Waals surface area contributed by atoms with Gasteiger partial charge in [-0.1, -0.05) is 34.8 Å². The van der Waals surface area contributed by atoms with E-state index in [0.29, 0.717) is 21.2 Å². The van der Waals surface area contributed by atoms with E-state index in [1.807, 2.05) is 0 Å². The van der Waals surface area contributed by atoms with E-state index in [1.54, 1.807) is 24.4 Å². The van der Waals surface area contributed by atoms with Crippen molar-refractivity contribution < 1.29 is 0 Å². The van der Waals surface area contributed by atoms with Gasteiger partial charge in [-0.25, -0.2) is 0 Å². The zero-order valence-electron chi connectivity index (χ0n) is 7.93. The first kappa shape index (κ1) is 11.5. The molecule has 0 amide bonds. The molecule has 1 aromatic carbocycles. The molecule has 2 nitrogen and oxygen atoms in total. The molecule has 1 N–H and O–H groups in total. The molecule has 82 valence electrons. The maximum Gasteiger partial charge on any atom is 0.207 e. The molecular formula is C11H6Cl3NO. The Balaban J connectivity index is 2.72. The van der Waals surface area contributed by atoms with Crippen LogP contribution in [-0.4, -0.2) is 4.98 Å². The van der Waals surface area contributed by atoms with E-state index in [-0.39, 0.29) is 10.5 Å². The van der Waals surface area contributed by atoms with E-state index in [2.05, 4.69) is 4.98 Å². The van der Waals surface area contributed by atoms with E-state index in [4.69, 9.17) is 34.8 Å². The highest BCUT2D eigenvalue weighted by Crippen LogP contribution is 2.28. The third-order valence-corrected chi connectivity index (χ3v) is 2.96. The third kappa shape index (κ3) is 2.09. The summed E-state index contributed by atoms with van der Waals surface area (Å²) in [7, 11) is 0. The summed E-state index contributed by atoms with van der Waals surface area (Å²) >= 11 is 17.6. The number of aromatic amines is 1. The Morgan fingerprint density at radius 2 is 1.69 bits per heavy atom. The summed E-state index contributed by atoms with van der Waals surface area (Å²) in [6.07, 6.45) is 2.97. The number of aromatic nitrogens is 1. The van der Waals surface area contributed by atoms with Crippen LogP contribution >= 0.6 is 34.8 Å². The fraction of sp³-hybridized carbons (Fsp3) is 0. The van der Waals surface area contributed by atoms with Gasteiger partial charge in [0, 0.05) is 33.6 Å². The quantitative estimate of drug-likeness (QED) is 0.837. The van der Waals surface area contributed by atoms with E-state index < -0.39 is 0 Å². The van der Waals surface area contributed by atoms with Gasteiger partial charge in [0.15, 0.2) is 0 Å². The minimum Gasteiger partial charge on any atom is -0.366 e. The number of hydrogen-bond acceptors (Lipinski definition) is 1. The van der Waals surface area contributed by atoms with Gasteiger partial charge >= 0.3 is 0 Å². The number of rotatable bonds is 1. The van der Waals surface area contributed by atoms with Gasteiger partial charge in [0.25, 0.3) is 0 Å². The van der Waals surface area contributed by atoms with Crippen molar-refractivity contribution in [3.8, 4) is 11.1 Å². The highest BCUT2D eigenvalue weighted by atomic mass is 35.5. The molecule has 0 fully saturated rings. The summed E-state index contributed by atoms with van der Waals surface area (Å²) in [6, 6.07) is 4.93. The Hall–Kier alpha value is -0.960. The largest absolute Gasteiger partial charge is 0.366 e. The lowest BCUT2D eigenvalue weighted by Crippen LogP contribution is -2.05. The molecule has 0 atom stereocenters.